The highest BCUT2D eigenvalue weighted by atomic mass is 32.1. The maximum absolute atomic E-state index is 2.36. The predicted molar refractivity (Wildman–Crippen MR) is 223 cm³/mol. The Morgan fingerprint density at radius 2 is 0.627 bits per heavy atom. The molecule has 2 heterocycles. The van der Waals surface area contributed by atoms with Gasteiger partial charge in [0.15, 0.2) is 0 Å². The Kier molecular flexibility index (Phi) is 7.26. The second-order valence-corrected chi connectivity index (χ2v) is 15.2. The Balaban J connectivity index is 1.01. The molecule has 0 saturated carbocycles. The van der Waals surface area contributed by atoms with Gasteiger partial charge in [0.05, 0.1) is 0 Å². The quantitative estimate of drug-likeness (QED) is 0.168. The van der Waals surface area contributed by atoms with E-state index in [4.69, 9.17) is 0 Å². The van der Waals surface area contributed by atoms with Crippen LogP contribution in [-0.4, -0.2) is 0 Å². The van der Waals surface area contributed by atoms with Crippen molar-refractivity contribution in [1.29, 1.82) is 0 Å². The fourth-order valence-electron chi connectivity index (χ4n) is 7.17. The molecule has 10 aromatic rings. The standard InChI is InChI=1S/C48H31NS2/c1-2-8-32(9-3-1)33-14-20-42(21-15-33)49(43-22-16-34(17-23-43)45-30-40-26-36-10-4-6-12-38(36)28-47(40)50-45)44-24-18-35(19-25-44)46-31-41-27-37-11-5-7-13-39(37)29-48(41)51-46/h1-31H. The first kappa shape index (κ1) is 29.9. The monoisotopic (exact) mass is 685 g/mol. The third-order valence-corrected chi connectivity index (χ3v) is 12.1. The highest BCUT2D eigenvalue weighted by Gasteiger charge is 2.15. The number of rotatable bonds is 6. The lowest BCUT2D eigenvalue weighted by Crippen LogP contribution is -2.09. The van der Waals surface area contributed by atoms with Crippen molar-refractivity contribution in [3.63, 3.8) is 0 Å². The molecule has 51 heavy (non-hydrogen) atoms. The van der Waals surface area contributed by atoms with Crippen LogP contribution in [0.1, 0.15) is 0 Å². The normalized spacial score (nSPS) is 11.5. The van der Waals surface area contributed by atoms with E-state index in [1.54, 1.807) is 0 Å². The SMILES string of the molecule is c1ccc(-c2ccc(N(c3ccc(-c4cc5cc6ccccc6cc5s4)cc3)c3ccc(-c4cc5cc6ccccc6cc5s4)cc3)cc2)cc1. The third kappa shape index (κ3) is 5.57. The van der Waals surface area contributed by atoms with Crippen LogP contribution < -0.4 is 4.90 Å². The molecule has 0 atom stereocenters. The van der Waals surface area contributed by atoms with Gasteiger partial charge in [-0.2, -0.15) is 0 Å². The second-order valence-electron chi connectivity index (χ2n) is 13.0. The molecule has 0 spiro atoms. The first-order chi connectivity index (χ1) is 25.2. The summed E-state index contributed by atoms with van der Waals surface area (Å²) in [7, 11) is 0. The fourth-order valence-corrected chi connectivity index (χ4v) is 9.37. The molecule has 240 valence electrons. The van der Waals surface area contributed by atoms with Crippen LogP contribution in [0.4, 0.5) is 17.1 Å². The summed E-state index contributed by atoms with van der Waals surface area (Å²) >= 11 is 3.72. The molecule has 1 nitrogen and oxygen atoms in total. The molecule has 10 rings (SSSR count). The zero-order chi connectivity index (χ0) is 33.7. The summed E-state index contributed by atoms with van der Waals surface area (Å²) < 4.78 is 2.64. The average molecular weight is 686 g/mol. The summed E-state index contributed by atoms with van der Waals surface area (Å²) in [5.41, 5.74) is 8.26. The van der Waals surface area contributed by atoms with Crippen molar-refractivity contribution in [3.8, 4) is 32.0 Å². The van der Waals surface area contributed by atoms with E-state index in [0.29, 0.717) is 0 Å². The van der Waals surface area contributed by atoms with Gasteiger partial charge in [-0.3, -0.25) is 0 Å². The minimum atomic E-state index is 1.12. The molecular formula is C48H31NS2. The van der Waals surface area contributed by atoms with Gasteiger partial charge < -0.3 is 4.90 Å². The van der Waals surface area contributed by atoms with Crippen LogP contribution in [0.15, 0.2) is 188 Å². The van der Waals surface area contributed by atoms with Gasteiger partial charge in [-0.1, -0.05) is 115 Å². The lowest BCUT2D eigenvalue weighted by atomic mass is 10.0. The molecule has 0 saturated heterocycles. The Morgan fingerprint density at radius 1 is 0.275 bits per heavy atom. The van der Waals surface area contributed by atoms with Gasteiger partial charge in [0, 0.05) is 36.2 Å². The minimum Gasteiger partial charge on any atom is -0.311 e. The van der Waals surface area contributed by atoms with Crippen LogP contribution in [0.25, 0.3) is 73.7 Å². The molecule has 0 unspecified atom stereocenters. The number of hydrogen-bond donors (Lipinski definition) is 0. The Bertz CT molecular complexity index is 2560. The van der Waals surface area contributed by atoms with Gasteiger partial charge in [-0.05, 0) is 127 Å². The summed E-state index contributed by atoms with van der Waals surface area (Å²) in [6, 6.07) is 68.7. The minimum absolute atomic E-state index is 1.12. The van der Waals surface area contributed by atoms with Gasteiger partial charge >= 0.3 is 0 Å². The number of benzene rings is 8. The molecule has 0 amide bonds. The van der Waals surface area contributed by atoms with Crippen molar-refractivity contribution < 1.29 is 0 Å². The first-order valence-electron chi connectivity index (χ1n) is 17.2. The van der Waals surface area contributed by atoms with E-state index >= 15 is 0 Å². The van der Waals surface area contributed by atoms with Crippen molar-refractivity contribution in [1.82, 2.24) is 0 Å². The maximum Gasteiger partial charge on any atom is 0.0462 e. The van der Waals surface area contributed by atoms with Crippen LogP contribution in [0.5, 0.6) is 0 Å². The molecule has 0 aliphatic heterocycles. The molecule has 8 aromatic carbocycles. The topological polar surface area (TPSA) is 3.24 Å². The third-order valence-electron chi connectivity index (χ3n) is 9.82. The van der Waals surface area contributed by atoms with Gasteiger partial charge in [0.1, 0.15) is 0 Å². The van der Waals surface area contributed by atoms with Crippen LogP contribution in [0, 0.1) is 0 Å². The number of anilines is 3. The van der Waals surface area contributed by atoms with E-state index in [-0.39, 0.29) is 0 Å². The molecule has 3 heteroatoms. The summed E-state index contributed by atoms with van der Waals surface area (Å²) in [5.74, 6) is 0. The van der Waals surface area contributed by atoms with E-state index < -0.39 is 0 Å². The van der Waals surface area contributed by atoms with Crippen molar-refractivity contribution in [2.75, 3.05) is 4.90 Å². The van der Waals surface area contributed by atoms with E-state index in [1.807, 2.05) is 22.7 Å². The molecule has 0 fully saturated rings. The van der Waals surface area contributed by atoms with E-state index in [2.05, 4.69) is 193 Å². The lowest BCUT2D eigenvalue weighted by Gasteiger charge is -2.26. The molecule has 0 N–H and O–H groups in total. The smallest absolute Gasteiger partial charge is 0.0462 e. The molecule has 0 radical (unpaired) electrons. The highest BCUT2D eigenvalue weighted by Crippen LogP contribution is 2.41. The average Bonchev–Trinajstić information content (AvgIpc) is 3.81. The van der Waals surface area contributed by atoms with Crippen LogP contribution >= 0.6 is 22.7 Å². The van der Waals surface area contributed by atoms with Crippen molar-refractivity contribution in [2.24, 2.45) is 0 Å². The molecule has 0 bridgehead atoms. The van der Waals surface area contributed by atoms with Crippen molar-refractivity contribution in [2.45, 2.75) is 0 Å². The van der Waals surface area contributed by atoms with Crippen molar-refractivity contribution >= 4 is 81.5 Å². The van der Waals surface area contributed by atoms with Crippen LogP contribution in [0.2, 0.25) is 0 Å². The fraction of sp³-hybridized carbons (Fsp3) is 0. The largest absolute Gasteiger partial charge is 0.311 e. The van der Waals surface area contributed by atoms with E-state index in [1.165, 1.54) is 73.7 Å². The zero-order valence-electron chi connectivity index (χ0n) is 27.7. The van der Waals surface area contributed by atoms with Gasteiger partial charge in [0.2, 0.25) is 0 Å². The second kappa shape index (κ2) is 12.4. The van der Waals surface area contributed by atoms with Gasteiger partial charge in [0.25, 0.3) is 0 Å². The number of thiophene rings is 2. The summed E-state index contributed by atoms with van der Waals surface area (Å²) in [4.78, 5) is 4.93. The maximum atomic E-state index is 2.36. The lowest BCUT2D eigenvalue weighted by molar-refractivity contribution is 1.28. The number of hydrogen-bond acceptors (Lipinski definition) is 3. The summed E-state index contributed by atoms with van der Waals surface area (Å²) in [6.07, 6.45) is 0. The first-order valence-corrected chi connectivity index (χ1v) is 18.9. The molecule has 2 aromatic heterocycles. The van der Waals surface area contributed by atoms with Crippen LogP contribution in [0.3, 0.4) is 0 Å². The Morgan fingerprint density at radius 3 is 1.06 bits per heavy atom. The van der Waals surface area contributed by atoms with Crippen LogP contribution in [-0.2, 0) is 0 Å². The highest BCUT2D eigenvalue weighted by molar-refractivity contribution is 7.22. The zero-order valence-corrected chi connectivity index (χ0v) is 29.3. The summed E-state index contributed by atoms with van der Waals surface area (Å²) in [5, 5.41) is 7.73. The Labute approximate surface area is 304 Å². The Hall–Kier alpha value is -6.00. The summed E-state index contributed by atoms with van der Waals surface area (Å²) in [6.45, 7) is 0. The van der Waals surface area contributed by atoms with E-state index in [0.717, 1.165) is 17.1 Å². The molecular weight excluding hydrogens is 655 g/mol. The molecule has 0 aliphatic carbocycles. The molecule has 0 aliphatic rings. The van der Waals surface area contributed by atoms with Gasteiger partial charge in [-0.15, -0.1) is 22.7 Å². The number of nitrogens with zero attached hydrogens (tertiary/aromatic N) is 1. The number of fused-ring (bicyclic) bond motifs is 4. The van der Waals surface area contributed by atoms with Gasteiger partial charge in [-0.25, -0.2) is 0 Å². The van der Waals surface area contributed by atoms with Crippen molar-refractivity contribution in [3.05, 3.63) is 188 Å². The predicted octanol–water partition coefficient (Wildman–Crippen LogP) is 14.9. The van der Waals surface area contributed by atoms with E-state index in [9.17, 15) is 0 Å².